The first-order valence-corrected chi connectivity index (χ1v) is 7.45. The van der Waals surface area contributed by atoms with Crippen LogP contribution in [0.3, 0.4) is 0 Å². The summed E-state index contributed by atoms with van der Waals surface area (Å²) in [6.45, 7) is 2.96. The lowest BCUT2D eigenvalue weighted by Crippen LogP contribution is -2.07. The van der Waals surface area contributed by atoms with Gasteiger partial charge in [0.25, 0.3) is 0 Å². The van der Waals surface area contributed by atoms with Gasteiger partial charge in [0.15, 0.2) is 0 Å². The number of hydrogen-bond acceptors (Lipinski definition) is 2. The highest BCUT2D eigenvalue weighted by atomic mass is 79.9. The molecule has 0 unspecified atom stereocenters. The van der Waals surface area contributed by atoms with E-state index < -0.39 is 0 Å². The zero-order valence-corrected chi connectivity index (χ0v) is 12.9. The number of anilines is 1. The Bertz CT molecular complexity index is 716. The van der Waals surface area contributed by atoms with Gasteiger partial charge in [-0.05, 0) is 47.1 Å². The summed E-state index contributed by atoms with van der Waals surface area (Å²) in [4.78, 5) is 4.57. The Kier molecular flexibility index (Phi) is 3.74. The van der Waals surface area contributed by atoms with Crippen molar-refractivity contribution < 1.29 is 0 Å². The summed E-state index contributed by atoms with van der Waals surface area (Å²) in [6.07, 6.45) is 2.93. The van der Waals surface area contributed by atoms with Crippen LogP contribution < -0.4 is 5.32 Å². The number of fused-ring (bicyclic) bond motifs is 1. The molecule has 0 aliphatic heterocycles. The van der Waals surface area contributed by atoms with Crippen molar-refractivity contribution in [2.24, 2.45) is 0 Å². The second kappa shape index (κ2) is 5.67. The molecule has 3 rings (SSSR count). The number of nitrogens with zero attached hydrogens (tertiary/aromatic N) is 2. The second-order valence-corrected chi connectivity index (χ2v) is 5.57. The van der Waals surface area contributed by atoms with Gasteiger partial charge in [-0.15, -0.1) is 0 Å². The van der Waals surface area contributed by atoms with Crippen molar-refractivity contribution in [2.45, 2.75) is 13.3 Å². The van der Waals surface area contributed by atoms with Gasteiger partial charge < -0.3 is 9.72 Å². The Balaban J connectivity index is 1.70. The van der Waals surface area contributed by atoms with Crippen LogP contribution in [0, 0.1) is 6.92 Å². The molecule has 0 saturated heterocycles. The third-order valence-electron chi connectivity index (χ3n) is 3.31. The number of aromatic nitrogens is 2. The fourth-order valence-corrected chi connectivity index (χ4v) is 2.76. The van der Waals surface area contributed by atoms with Crippen LogP contribution in [-0.2, 0) is 6.42 Å². The summed E-state index contributed by atoms with van der Waals surface area (Å²) in [5, 5.41) is 3.43. The van der Waals surface area contributed by atoms with Crippen LogP contribution in [-0.4, -0.2) is 15.9 Å². The average molecular weight is 330 g/mol. The molecule has 0 atom stereocenters. The van der Waals surface area contributed by atoms with Crippen LogP contribution in [0.25, 0.3) is 5.52 Å². The summed E-state index contributed by atoms with van der Waals surface area (Å²) < 4.78 is 3.03. The zero-order valence-electron chi connectivity index (χ0n) is 11.3. The number of hydrogen-bond donors (Lipinski definition) is 1. The molecule has 3 nitrogen and oxygen atoms in total. The van der Waals surface area contributed by atoms with Gasteiger partial charge in [0.05, 0.1) is 5.52 Å². The highest BCUT2D eigenvalue weighted by molar-refractivity contribution is 9.10. The molecule has 1 N–H and O–H groups in total. The van der Waals surface area contributed by atoms with E-state index in [0.717, 1.165) is 34.6 Å². The average Bonchev–Trinajstić information content (AvgIpc) is 2.79. The first kappa shape index (κ1) is 13.2. The molecule has 4 heteroatoms. The van der Waals surface area contributed by atoms with Gasteiger partial charge >= 0.3 is 0 Å². The molecule has 0 bridgehead atoms. The minimum Gasteiger partial charge on any atom is -0.385 e. The van der Waals surface area contributed by atoms with Gasteiger partial charge in [0, 0.05) is 24.8 Å². The summed E-state index contributed by atoms with van der Waals surface area (Å²) in [6, 6.07) is 14.6. The SMILES string of the molecule is Cc1ccc(NCCc2nc(Br)c3ccccn23)cc1. The van der Waals surface area contributed by atoms with E-state index in [1.54, 1.807) is 0 Å². The van der Waals surface area contributed by atoms with Gasteiger partial charge in [0.2, 0.25) is 0 Å². The van der Waals surface area contributed by atoms with Crippen molar-refractivity contribution in [1.82, 2.24) is 9.38 Å². The van der Waals surface area contributed by atoms with Crippen molar-refractivity contribution in [3.8, 4) is 0 Å². The highest BCUT2D eigenvalue weighted by Gasteiger charge is 2.07. The smallest absolute Gasteiger partial charge is 0.132 e. The largest absolute Gasteiger partial charge is 0.385 e. The second-order valence-electron chi connectivity index (χ2n) is 4.82. The van der Waals surface area contributed by atoms with E-state index in [1.165, 1.54) is 5.56 Å². The lowest BCUT2D eigenvalue weighted by atomic mass is 10.2. The van der Waals surface area contributed by atoms with E-state index in [-0.39, 0.29) is 0 Å². The van der Waals surface area contributed by atoms with Crippen LogP contribution in [0.15, 0.2) is 53.3 Å². The first-order chi connectivity index (χ1) is 9.74. The molecule has 1 aromatic carbocycles. The van der Waals surface area contributed by atoms with E-state index in [2.05, 4.69) is 67.9 Å². The number of pyridine rings is 1. The summed E-state index contributed by atoms with van der Waals surface area (Å²) in [5.41, 5.74) is 3.53. The molecule has 3 aromatic rings. The minimum absolute atomic E-state index is 0.865. The van der Waals surface area contributed by atoms with E-state index in [9.17, 15) is 0 Å². The molecular formula is C16H16BrN3. The zero-order chi connectivity index (χ0) is 13.9. The van der Waals surface area contributed by atoms with Gasteiger partial charge in [0.1, 0.15) is 10.4 Å². The van der Waals surface area contributed by atoms with Gasteiger partial charge in [-0.3, -0.25) is 0 Å². The molecule has 0 aliphatic carbocycles. The van der Waals surface area contributed by atoms with E-state index in [1.807, 2.05) is 18.3 Å². The number of rotatable bonds is 4. The molecule has 2 aromatic heterocycles. The van der Waals surface area contributed by atoms with Crippen LogP contribution in [0.5, 0.6) is 0 Å². The summed E-state index contributed by atoms with van der Waals surface area (Å²) in [5.74, 6) is 1.06. The highest BCUT2D eigenvalue weighted by Crippen LogP contribution is 2.19. The fourth-order valence-electron chi connectivity index (χ4n) is 2.23. The molecular weight excluding hydrogens is 314 g/mol. The van der Waals surface area contributed by atoms with E-state index >= 15 is 0 Å². The maximum atomic E-state index is 4.57. The molecule has 0 radical (unpaired) electrons. The predicted octanol–water partition coefficient (Wildman–Crippen LogP) is 4.06. The molecule has 0 fully saturated rings. The van der Waals surface area contributed by atoms with Crippen LogP contribution in [0.2, 0.25) is 0 Å². The molecule has 2 heterocycles. The first-order valence-electron chi connectivity index (χ1n) is 6.66. The van der Waals surface area contributed by atoms with Crippen LogP contribution >= 0.6 is 15.9 Å². The Morgan fingerprint density at radius 1 is 1.15 bits per heavy atom. The summed E-state index contributed by atoms with van der Waals surface area (Å²) >= 11 is 3.51. The number of nitrogens with one attached hydrogen (secondary N) is 1. The topological polar surface area (TPSA) is 29.3 Å². The number of benzene rings is 1. The maximum Gasteiger partial charge on any atom is 0.132 e. The molecule has 0 aliphatic rings. The third kappa shape index (κ3) is 2.70. The molecule has 0 amide bonds. The Hall–Kier alpha value is -1.81. The van der Waals surface area contributed by atoms with Gasteiger partial charge in [-0.1, -0.05) is 23.8 Å². The monoisotopic (exact) mass is 329 g/mol. The predicted molar refractivity (Wildman–Crippen MR) is 86.3 cm³/mol. The van der Waals surface area contributed by atoms with Gasteiger partial charge in [-0.25, -0.2) is 4.98 Å². The van der Waals surface area contributed by atoms with Crippen LogP contribution in [0.4, 0.5) is 5.69 Å². The Labute approximate surface area is 126 Å². The molecule has 0 saturated carbocycles. The normalized spacial score (nSPS) is 10.9. The van der Waals surface area contributed by atoms with Crippen molar-refractivity contribution in [3.63, 3.8) is 0 Å². The third-order valence-corrected chi connectivity index (χ3v) is 3.89. The number of imidazole rings is 1. The minimum atomic E-state index is 0.865. The molecule has 0 spiro atoms. The van der Waals surface area contributed by atoms with Crippen molar-refractivity contribution in [1.29, 1.82) is 0 Å². The number of aryl methyl sites for hydroxylation is 1. The molecule has 102 valence electrons. The quantitative estimate of drug-likeness (QED) is 0.782. The Morgan fingerprint density at radius 2 is 1.95 bits per heavy atom. The van der Waals surface area contributed by atoms with Gasteiger partial charge in [-0.2, -0.15) is 0 Å². The maximum absolute atomic E-state index is 4.57. The number of halogens is 1. The van der Waals surface area contributed by atoms with Crippen molar-refractivity contribution in [2.75, 3.05) is 11.9 Å². The van der Waals surface area contributed by atoms with Crippen molar-refractivity contribution >= 4 is 27.1 Å². The van der Waals surface area contributed by atoms with Crippen LogP contribution in [0.1, 0.15) is 11.4 Å². The standard InChI is InChI=1S/C16H16BrN3/c1-12-5-7-13(8-6-12)18-10-9-15-19-16(17)14-4-2-3-11-20(14)15/h2-8,11,18H,9-10H2,1H3. The lowest BCUT2D eigenvalue weighted by Gasteiger charge is -2.06. The summed E-state index contributed by atoms with van der Waals surface area (Å²) in [7, 11) is 0. The lowest BCUT2D eigenvalue weighted by molar-refractivity contribution is 0.887. The van der Waals surface area contributed by atoms with E-state index in [4.69, 9.17) is 0 Å². The van der Waals surface area contributed by atoms with Crippen molar-refractivity contribution in [3.05, 3.63) is 64.7 Å². The Morgan fingerprint density at radius 3 is 2.75 bits per heavy atom. The molecule has 20 heavy (non-hydrogen) atoms. The van der Waals surface area contributed by atoms with E-state index in [0.29, 0.717) is 0 Å². The fraction of sp³-hybridized carbons (Fsp3) is 0.188.